The normalized spacial score (nSPS) is 12.8. The van der Waals surface area contributed by atoms with Crippen LogP contribution in [-0.4, -0.2) is 5.97 Å². The highest BCUT2D eigenvalue weighted by atomic mass is 16.7. The molecule has 0 aliphatic heterocycles. The maximum Gasteiger partial charge on any atom is 0.329 e. The summed E-state index contributed by atoms with van der Waals surface area (Å²) in [5, 5.41) is 0. The van der Waals surface area contributed by atoms with Crippen LogP contribution in [0.2, 0.25) is 0 Å². The summed E-state index contributed by atoms with van der Waals surface area (Å²) in [4.78, 5) is 15.4. The molecule has 0 unspecified atom stereocenters. The molecule has 0 aromatic carbocycles. The minimum Gasteiger partial charge on any atom is -0.373 e. The smallest absolute Gasteiger partial charge is 0.329 e. The highest BCUT2D eigenvalue weighted by Gasteiger charge is 2.33. The molecule has 72 valence electrons. The number of rotatable bonds is 2. The minimum atomic E-state index is -0.493. The van der Waals surface area contributed by atoms with Crippen molar-refractivity contribution in [2.75, 3.05) is 0 Å². The average Bonchev–Trinajstić information content (AvgIpc) is 1.80. The quantitative estimate of drug-likeness (QED) is 0.648. The van der Waals surface area contributed by atoms with Crippen LogP contribution in [0, 0.1) is 10.8 Å². The molecule has 0 aliphatic rings. The van der Waals surface area contributed by atoms with Crippen LogP contribution in [-0.2, 0) is 9.63 Å². The van der Waals surface area contributed by atoms with Crippen molar-refractivity contribution < 1.29 is 9.63 Å². The third-order valence-corrected chi connectivity index (χ3v) is 1.63. The van der Waals surface area contributed by atoms with E-state index in [1.54, 1.807) is 0 Å². The van der Waals surface area contributed by atoms with Gasteiger partial charge in [0.2, 0.25) is 0 Å². The predicted molar refractivity (Wildman–Crippen MR) is 48.1 cm³/mol. The molecule has 3 nitrogen and oxygen atoms in total. The summed E-state index contributed by atoms with van der Waals surface area (Å²) >= 11 is 0. The number of carbonyl (C=O) groups excluding carboxylic acids is 1. The molecular weight excluding hydrogens is 154 g/mol. The van der Waals surface area contributed by atoms with Crippen LogP contribution in [0.1, 0.15) is 41.0 Å². The summed E-state index contributed by atoms with van der Waals surface area (Å²) in [6.45, 7) is 9.93. The van der Waals surface area contributed by atoms with Gasteiger partial charge in [-0.3, -0.25) is 0 Å². The summed E-state index contributed by atoms with van der Waals surface area (Å²) in [6, 6.07) is 0. The van der Waals surface area contributed by atoms with E-state index in [4.69, 9.17) is 5.90 Å². The van der Waals surface area contributed by atoms with E-state index >= 15 is 0 Å². The van der Waals surface area contributed by atoms with Gasteiger partial charge in [0.15, 0.2) is 0 Å². The molecular formula is C9H19NO2. The van der Waals surface area contributed by atoms with Gasteiger partial charge in [-0.2, -0.15) is 5.90 Å². The molecule has 0 aromatic heterocycles. The van der Waals surface area contributed by atoms with Crippen LogP contribution in [0.25, 0.3) is 0 Å². The number of carbonyl (C=O) groups is 1. The highest BCUT2D eigenvalue weighted by molar-refractivity contribution is 5.75. The van der Waals surface area contributed by atoms with Gasteiger partial charge in [-0.15, -0.1) is 0 Å². The van der Waals surface area contributed by atoms with Crippen molar-refractivity contribution in [3.8, 4) is 0 Å². The molecule has 2 N–H and O–H groups in total. The summed E-state index contributed by atoms with van der Waals surface area (Å²) in [6.07, 6.45) is 0.760. The Balaban J connectivity index is 4.32. The van der Waals surface area contributed by atoms with Crippen molar-refractivity contribution in [1.82, 2.24) is 0 Å². The Labute approximate surface area is 74.2 Å². The Hall–Kier alpha value is -0.570. The Bertz CT molecular complexity index is 168. The minimum absolute atomic E-state index is 0.109. The molecule has 0 spiro atoms. The molecule has 0 atom stereocenters. The van der Waals surface area contributed by atoms with Gasteiger partial charge in [0.05, 0.1) is 5.41 Å². The molecule has 0 saturated carbocycles. The summed E-state index contributed by atoms with van der Waals surface area (Å²) in [7, 11) is 0. The fourth-order valence-electron chi connectivity index (χ4n) is 1.56. The highest BCUT2D eigenvalue weighted by Crippen LogP contribution is 2.33. The maximum absolute atomic E-state index is 11.2. The lowest BCUT2D eigenvalue weighted by atomic mass is 9.76. The van der Waals surface area contributed by atoms with E-state index < -0.39 is 5.41 Å². The van der Waals surface area contributed by atoms with Gasteiger partial charge in [-0.25, -0.2) is 4.79 Å². The second-order valence-corrected chi connectivity index (χ2v) is 5.03. The fraction of sp³-hybridized carbons (Fsp3) is 0.889. The van der Waals surface area contributed by atoms with E-state index in [-0.39, 0.29) is 11.4 Å². The average molecular weight is 173 g/mol. The molecule has 0 saturated heterocycles. The van der Waals surface area contributed by atoms with Gasteiger partial charge in [-0.1, -0.05) is 20.8 Å². The third kappa shape index (κ3) is 3.72. The first kappa shape index (κ1) is 11.4. The van der Waals surface area contributed by atoms with Crippen molar-refractivity contribution in [1.29, 1.82) is 0 Å². The SMILES string of the molecule is CC(C)(C)CC(C)(C)C(=O)ON. The van der Waals surface area contributed by atoms with Crippen molar-refractivity contribution in [3.05, 3.63) is 0 Å². The lowest BCUT2D eigenvalue weighted by Gasteiger charge is -2.29. The van der Waals surface area contributed by atoms with E-state index in [2.05, 4.69) is 25.6 Å². The zero-order chi connectivity index (χ0) is 9.99. The Morgan fingerprint density at radius 3 is 1.92 bits per heavy atom. The topological polar surface area (TPSA) is 52.3 Å². The van der Waals surface area contributed by atoms with E-state index in [1.165, 1.54) is 0 Å². The number of hydrogen-bond acceptors (Lipinski definition) is 3. The molecule has 0 bridgehead atoms. The van der Waals surface area contributed by atoms with Gasteiger partial charge >= 0.3 is 5.97 Å². The zero-order valence-corrected chi connectivity index (χ0v) is 8.60. The summed E-state index contributed by atoms with van der Waals surface area (Å²) < 4.78 is 0. The first-order valence-corrected chi connectivity index (χ1v) is 4.10. The lowest BCUT2D eigenvalue weighted by molar-refractivity contribution is -0.156. The van der Waals surface area contributed by atoms with Crippen molar-refractivity contribution in [3.63, 3.8) is 0 Å². The Morgan fingerprint density at radius 2 is 1.67 bits per heavy atom. The largest absolute Gasteiger partial charge is 0.373 e. The monoisotopic (exact) mass is 173 g/mol. The third-order valence-electron chi connectivity index (χ3n) is 1.63. The van der Waals surface area contributed by atoms with Crippen LogP contribution >= 0.6 is 0 Å². The molecule has 0 heterocycles. The van der Waals surface area contributed by atoms with Crippen LogP contribution in [0.15, 0.2) is 0 Å². The van der Waals surface area contributed by atoms with Gasteiger partial charge in [0.25, 0.3) is 0 Å². The van der Waals surface area contributed by atoms with Crippen LogP contribution in [0.4, 0.5) is 0 Å². The van der Waals surface area contributed by atoms with Crippen LogP contribution < -0.4 is 5.90 Å². The second-order valence-electron chi connectivity index (χ2n) is 5.03. The first-order chi connectivity index (χ1) is 5.19. The van der Waals surface area contributed by atoms with Crippen LogP contribution in [0.5, 0.6) is 0 Å². The van der Waals surface area contributed by atoms with Crippen molar-refractivity contribution in [2.24, 2.45) is 16.7 Å². The van der Waals surface area contributed by atoms with E-state index in [9.17, 15) is 4.79 Å². The first-order valence-electron chi connectivity index (χ1n) is 4.10. The molecule has 3 heteroatoms. The van der Waals surface area contributed by atoms with E-state index in [1.807, 2.05) is 13.8 Å². The second kappa shape index (κ2) is 3.44. The number of hydrogen-bond donors (Lipinski definition) is 1. The van der Waals surface area contributed by atoms with Gasteiger partial charge in [0.1, 0.15) is 0 Å². The fourth-order valence-corrected chi connectivity index (χ4v) is 1.56. The van der Waals surface area contributed by atoms with E-state index in [0.29, 0.717) is 0 Å². The summed E-state index contributed by atoms with van der Waals surface area (Å²) in [5.41, 5.74) is -0.384. The molecule has 0 rings (SSSR count). The van der Waals surface area contributed by atoms with Gasteiger partial charge in [-0.05, 0) is 25.7 Å². The lowest BCUT2D eigenvalue weighted by Crippen LogP contribution is -2.32. The van der Waals surface area contributed by atoms with Crippen LogP contribution in [0.3, 0.4) is 0 Å². The molecule has 12 heavy (non-hydrogen) atoms. The molecule has 0 aliphatic carbocycles. The van der Waals surface area contributed by atoms with Crippen molar-refractivity contribution in [2.45, 2.75) is 41.0 Å². The summed E-state index contributed by atoms with van der Waals surface area (Å²) in [5.74, 6) is 4.48. The van der Waals surface area contributed by atoms with Gasteiger partial charge in [0, 0.05) is 0 Å². The number of nitrogens with two attached hydrogens (primary N) is 1. The molecule has 0 amide bonds. The molecule has 0 fully saturated rings. The predicted octanol–water partition coefficient (Wildman–Crippen LogP) is 1.87. The Kier molecular flexibility index (Phi) is 3.27. The zero-order valence-electron chi connectivity index (χ0n) is 8.60. The maximum atomic E-state index is 11.2. The van der Waals surface area contributed by atoms with E-state index in [0.717, 1.165) is 6.42 Å². The molecule has 0 radical (unpaired) electrons. The standard InChI is InChI=1S/C9H19NO2/c1-8(2,3)6-9(4,5)7(11)12-10/h6,10H2,1-5H3. The van der Waals surface area contributed by atoms with Gasteiger partial charge < -0.3 is 4.84 Å². The Morgan fingerprint density at radius 1 is 1.25 bits per heavy atom. The van der Waals surface area contributed by atoms with Crippen molar-refractivity contribution >= 4 is 5.97 Å². The molecule has 0 aromatic rings.